The lowest BCUT2D eigenvalue weighted by Crippen LogP contribution is -2.29. The summed E-state index contributed by atoms with van der Waals surface area (Å²) in [4.78, 5) is 15.4. The molecule has 0 bridgehead atoms. The molecular formula is C7H12N2O2. The number of hydrogen-bond donors (Lipinski definition) is 0. The molecule has 0 aromatic heterocycles. The highest BCUT2D eigenvalue weighted by atomic mass is 16.5. The van der Waals surface area contributed by atoms with Gasteiger partial charge in [0, 0.05) is 7.05 Å². The van der Waals surface area contributed by atoms with Gasteiger partial charge in [-0.1, -0.05) is 0 Å². The Morgan fingerprint density at radius 3 is 2.82 bits per heavy atom. The molecule has 0 saturated heterocycles. The van der Waals surface area contributed by atoms with Crippen LogP contribution in [-0.2, 0) is 4.74 Å². The molecule has 0 fully saturated rings. The van der Waals surface area contributed by atoms with Crippen molar-refractivity contribution in [3.8, 4) is 0 Å². The van der Waals surface area contributed by atoms with Gasteiger partial charge in [-0.3, -0.25) is 0 Å². The fourth-order valence-electron chi connectivity index (χ4n) is 0.525. The Hall–Kier alpha value is -1.24. The maximum atomic E-state index is 10.8. The van der Waals surface area contributed by atoms with Crippen molar-refractivity contribution in [2.75, 3.05) is 26.7 Å². The van der Waals surface area contributed by atoms with E-state index in [1.54, 1.807) is 14.0 Å². The number of ether oxygens (including phenoxy) is 1. The predicted octanol–water partition coefficient (Wildman–Crippen LogP) is 0.994. The SMILES string of the molecule is [C-]#[N+]CCN(C)C(=O)OCC. The molecule has 0 radical (unpaired) electrons. The molecule has 0 spiro atoms. The van der Waals surface area contributed by atoms with E-state index in [-0.39, 0.29) is 6.09 Å². The lowest BCUT2D eigenvalue weighted by molar-refractivity contribution is 0.118. The molecule has 0 aromatic rings. The Kier molecular flexibility index (Phi) is 4.91. The first-order chi connectivity index (χ1) is 5.22. The highest BCUT2D eigenvalue weighted by Crippen LogP contribution is 1.89. The average molecular weight is 156 g/mol. The van der Waals surface area contributed by atoms with Gasteiger partial charge in [0.05, 0.1) is 13.2 Å². The van der Waals surface area contributed by atoms with E-state index in [4.69, 9.17) is 6.57 Å². The molecule has 0 aliphatic rings. The van der Waals surface area contributed by atoms with Gasteiger partial charge in [-0.25, -0.2) is 11.4 Å². The molecule has 0 rings (SSSR count). The number of carbonyl (C=O) groups is 1. The lowest BCUT2D eigenvalue weighted by atomic mass is 10.6. The van der Waals surface area contributed by atoms with Crippen LogP contribution in [0.5, 0.6) is 0 Å². The molecule has 0 atom stereocenters. The van der Waals surface area contributed by atoms with Crippen LogP contribution in [0.15, 0.2) is 0 Å². The number of likely N-dealkylation sites (N-methyl/N-ethyl adjacent to an activating group) is 1. The van der Waals surface area contributed by atoms with E-state index in [1.807, 2.05) is 0 Å². The van der Waals surface area contributed by atoms with Crippen LogP contribution in [0.25, 0.3) is 4.85 Å². The van der Waals surface area contributed by atoms with Crippen LogP contribution in [0.3, 0.4) is 0 Å². The molecule has 0 aliphatic carbocycles. The summed E-state index contributed by atoms with van der Waals surface area (Å²) in [6.45, 7) is 9.37. The number of amides is 1. The third kappa shape index (κ3) is 4.20. The van der Waals surface area contributed by atoms with Crippen molar-refractivity contribution < 1.29 is 9.53 Å². The lowest BCUT2D eigenvalue weighted by Gasteiger charge is -2.12. The molecule has 11 heavy (non-hydrogen) atoms. The summed E-state index contributed by atoms with van der Waals surface area (Å²) in [6, 6.07) is 0. The quantitative estimate of drug-likeness (QED) is 0.571. The van der Waals surface area contributed by atoms with E-state index in [2.05, 4.69) is 9.58 Å². The summed E-state index contributed by atoms with van der Waals surface area (Å²) in [5.41, 5.74) is 0. The minimum atomic E-state index is -0.365. The summed E-state index contributed by atoms with van der Waals surface area (Å²) in [5.74, 6) is 0. The number of carbonyl (C=O) groups excluding carboxylic acids is 1. The monoisotopic (exact) mass is 156 g/mol. The van der Waals surface area contributed by atoms with Crippen molar-refractivity contribution in [3.63, 3.8) is 0 Å². The summed E-state index contributed by atoms with van der Waals surface area (Å²) >= 11 is 0. The molecule has 4 heteroatoms. The highest BCUT2D eigenvalue weighted by molar-refractivity contribution is 5.67. The van der Waals surface area contributed by atoms with E-state index in [0.717, 1.165) is 0 Å². The van der Waals surface area contributed by atoms with Gasteiger partial charge in [0.25, 0.3) is 0 Å². The first kappa shape index (κ1) is 9.76. The third-order valence-electron chi connectivity index (χ3n) is 1.13. The summed E-state index contributed by atoms with van der Waals surface area (Å²) in [7, 11) is 1.61. The summed E-state index contributed by atoms with van der Waals surface area (Å²) < 4.78 is 4.68. The van der Waals surface area contributed by atoms with Crippen molar-refractivity contribution in [2.45, 2.75) is 6.92 Å². The van der Waals surface area contributed by atoms with Crippen molar-refractivity contribution >= 4 is 6.09 Å². The topological polar surface area (TPSA) is 33.9 Å². The Bertz CT molecular complexity index is 162. The van der Waals surface area contributed by atoms with Crippen LogP contribution in [0.4, 0.5) is 4.79 Å². The number of rotatable bonds is 3. The van der Waals surface area contributed by atoms with Crippen molar-refractivity contribution in [2.24, 2.45) is 0 Å². The van der Waals surface area contributed by atoms with Crippen LogP contribution in [-0.4, -0.2) is 37.7 Å². The first-order valence-electron chi connectivity index (χ1n) is 3.43. The zero-order valence-electron chi connectivity index (χ0n) is 6.83. The summed E-state index contributed by atoms with van der Waals surface area (Å²) in [5, 5.41) is 0. The first-order valence-corrected chi connectivity index (χ1v) is 3.43. The fraction of sp³-hybridized carbons (Fsp3) is 0.714. The van der Waals surface area contributed by atoms with Crippen molar-refractivity contribution in [1.82, 2.24) is 4.90 Å². The smallest absolute Gasteiger partial charge is 0.409 e. The van der Waals surface area contributed by atoms with Crippen LogP contribution in [0.2, 0.25) is 0 Å². The Morgan fingerprint density at radius 1 is 1.73 bits per heavy atom. The summed E-state index contributed by atoms with van der Waals surface area (Å²) in [6.07, 6.45) is -0.365. The van der Waals surface area contributed by atoms with E-state index in [9.17, 15) is 4.79 Å². The standard InChI is InChI=1S/C7H12N2O2/c1-4-11-7(10)9(3)6-5-8-2/h4-6H2,1,3H3. The van der Waals surface area contributed by atoms with Gasteiger partial charge in [0.1, 0.15) is 0 Å². The van der Waals surface area contributed by atoms with Gasteiger partial charge in [0.15, 0.2) is 0 Å². The third-order valence-corrected chi connectivity index (χ3v) is 1.13. The normalized spacial score (nSPS) is 8.45. The second kappa shape index (κ2) is 5.54. The van der Waals surface area contributed by atoms with E-state index in [1.165, 1.54) is 4.90 Å². The van der Waals surface area contributed by atoms with Gasteiger partial charge in [-0.2, -0.15) is 0 Å². The van der Waals surface area contributed by atoms with Gasteiger partial charge in [-0.15, -0.1) is 0 Å². The maximum absolute atomic E-state index is 10.8. The molecule has 0 aromatic carbocycles. The average Bonchev–Trinajstić information content (AvgIpc) is 2.00. The molecule has 0 N–H and O–H groups in total. The zero-order valence-corrected chi connectivity index (χ0v) is 6.83. The van der Waals surface area contributed by atoms with Crippen LogP contribution in [0, 0.1) is 6.57 Å². The van der Waals surface area contributed by atoms with E-state index < -0.39 is 0 Å². The highest BCUT2D eigenvalue weighted by Gasteiger charge is 2.08. The van der Waals surface area contributed by atoms with Crippen molar-refractivity contribution in [1.29, 1.82) is 0 Å². The molecule has 62 valence electrons. The molecular weight excluding hydrogens is 144 g/mol. The van der Waals surface area contributed by atoms with Crippen LogP contribution in [0.1, 0.15) is 6.92 Å². The van der Waals surface area contributed by atoms with Crippen LogP contribution >= 0.6 is 0 Å². The van der Waals surface area contributed by atoms with Gasteiger partial charge in [0.2, 0.25) is 6.54 Å². The zero-order chi connectivity index (χ0) is 8.69. The maximum Gasteiger partial charge on any atom is 0.409 e. The van der Waals surface area contributed by atoms with Crippen molar-refractivity contribution in [3.05, 3.63) is 11.4 Å². The second-order valence-electron chi connectivity index (χ2n) is 2.00. The molecule has 0 saturated carbocycles. The second-order valence-corrected chi connectivity index (χ2v) is 2.00. The predicted molar refractivity (Wildman–Crippen MR) is 41.1 cm³/mol. The number of hydrogen-bond acceptors (Lipinski definition) is 2. The van der Waals surface area contributed by atoms with E-state index in [0.29, 0.717) is 19.7 Å². The molecule has 0 unspecified atom stereocenters. The van der Waals surface area contributed by atoms with E-state index >= 15 is 0 Å². The molecule has 4 nitrogen and oxygen atoms in total. The minimum absolute atomic E-state index is 0.329. The molecule has 1 amide bonds. The fourth-order valence-corrected chi connectivity index (χ4v) is 0.525. The molecule has 0 heterocycles. The molecule has 0 aliphatic heterocycles. The number of nitrogens with zero attached hydrogens (tertiary/aromatic N) is 2. The van der Waals surface area contributed by atoms with Gasteiger partial charge >= 0.3 is 6.09 Å². The Balaban J connectivity index is 3.57. The Labute approximate surface area is 66.6 Å². The van der Waals surface area contributed by atoms with Gasteiger partial charge < -0.3 is 14.5 Å². The Morgan fingerprint density at radius 2 is 2.36 bits per heavy atom. The largest absolute Gasteiger partial charge is 0.450 e. The van der Waals surface area contributed by atoms with Gasteiger partial charge in [-0.05, 0) is 6.92 Å². The van der Waals surface area contributed by atoms with Crippen LogP contribution < -0.4 is 0 Å². The minimum Gasteiger partial charge on any atom is -0.450 e.